The molecule has 5 heteroatoms. The number of anilines is 1. The SMILES string of the molecule is O=S(c1ccccc1)c1cnc2ccc(Cl)cc2c1N1CCCC1. The van der Waals surface area contributed by atoms with Gasteiger partial charge >= 0.3 is 0 Å². The van der Waals surface area contributed by atoms with E-state index in [0.717, 1.165) is 52.3 Å². The van der Waals surface area contributed by atoms with E-state index in [0.29, 0.717) is 5.02 Å². The van der Waals surface area contributed by atoms with Gasteiger partial charge in [0.1, 0.15) is 0 Å². The average molecular weight is 357 g/mol. The first-order valence-electron chi connectivity index (χ1n) is 8.04. The fourth-order valence-electron chi connectivity index (χ4n) is 3.21. The summed E-state index contributed by atoms with van der Waals surface area (Å²) in [5, 5.41) is 1.65. The number of hydrogen-bond donors (Lipinski definition) is 0. The number of hydrogen-bond acceptors (Lipinski definition) is 3. The van der Waals surface area contributed by atoms with Gasteiger partial charge in [-0.25, -0.2) is 4.21 Å². The first kappa shape index (κ1) is 15.6. The van der Waals surface area contributed by atoms with Crippen molar-refractivity contribution >= 4 is 39.0 Å². The quantitative estimate of drug-likeness (QED) is 0.684. The molecule has 1 fully saturated rings. The molecule has 0 saturated carbocycles. The summed E-state index contributed by atoms with van der Waals surface area (Å²) in [6.07, 6.45) is 4.07. The van der Waals surface area contributed by atoms with Gasteiger partial charge in [0.15, 0.2) is 0 Å². The summed E-state index contributed by atoms with van der Waals surface area (Å²) in [4.78, 5) is 8.39. The Kier molecular flexibility index (Phi) is 4.25. The smallest absolute Gasteiger partial charge is 0.0886 e. The van der Waals surface area contributed by atoms with Crippen LogP contribution >= 0.6 is 11.6 Å². The van der Waals surface area contributed by atoms with Crippen LogP contribution < -0.4 is 4.90 Å². The highest BCUT2D eigenvalue weighted by atomic mass is 35.5. The summed E-state index contributed by atoms with van der Waals surface area (Å²) in [6, 6.07) is 15.2. The van der Waals surface area contributed by atoms with E-state index >= 15 is 0 Å². The van der Waals surface area contributed by atoms with Gasteiger partial charge in [-0.1, -0.05) is 29.8 Å². The van der Waals surface area contributed by atoms with E-state index in [4.69, 9.17) is 11.6 Å². The molecule has 3 aromatic rings. The topological polar surface area (TPSA) is 33.2 Å². The molecular weight excluding hydrogens is 340 g/mol. The molecule has 1 saturated heterocycles. The van der Waals surface area contributed by atoms with Gasteiger partial charge in [0.05, 0.1) is 26.9 Å². The van der Waals surface area contributed by atoms with Gasteiger partial charge in [-0.2, -0.15) is 0 Å². The molecule has 4 rings (SSSR count). The Balaban J connectivity index is 1.94. The van der Waals surface area contributed by atoms with Crippen molar-refractivity contribution in [3.8, 4) is 0 Å². The van der Waals surface area contributed by atoms with E-state index in [1.165, 1.54) is 0 Å². The second-order valence-corrected chi connectivity index (χ2v) is 7.79. The number of halogens is 1. The molecule has 1 unspecified atom stereocenters. The summed E-state index contributed by atoms with van der Waals surface area (Å²) < 4.78 is 13.2. The van der Waals surface area contributed by atoms with Crippen molar-refractivity contribution in [2.75, 3.05) is 18.0 Å². The Hall–Kier alpha value is -1.91. The predicted octanol–water partition coefficient (Wildman–Crippen LogP) is 4.66. The zero-order valence-electron chi connectivity index (χ0n) is 13.1. The third-order valence-electron chi connectivity index (χ3n) is 4.35. The first-order valence-corrected chi connectivity index (χ1v) is 9.57. The van der Waals surface area contributed by atoms with Crippen molar-refractivity contribution in [2.24, 2.45) is 0 Å². The monoisotopic (exact) mass is 356 g/mol. The maximum atomic E-state index is 13.2. The zero-order valence-corrected chi connectivity index (χ0v) is 14.7. The lowest BCUT2D eigenvalue weighted by atomic mass is 10.1. The van der Waals surface area contributed by atoms with Gasteiger partial charge < -0.3 is 4.90 Å². The van der Waals surface area contributed by atoms with Crippen molar-refractivity contribution in [1.82, 2.24) is 4.98 Å². The van der Waals surface area contributed by atoms with Crippen LogP contribution in [0.3, 0.4) is 0 Å². The molecule has 2 aromatic carbocycles. The lowest BCUT2D eigenvalue weighted by Gasteiger charge is -2.23. The minimum atomic E-state index is -1.26. The normalized spacial score (nSPS) is 15.8. The zero-order chi connectivity index (χ0) is 16.5. The van der Waals surface area contributed by atoms with Crippen molar-refractivity contribution in [3.05, 3.63) is 59.8 Å². The molecule has 0 bridgehead atoms. The van der Waals surface area contributed by atoms with Crippen molar-refractivity contribution < 1.29 is 4.21 Å². The summed E-state index contributed by atoms with van der Waals surface area (Å²) in [5.41, 5.74) is 1.90. The van der Waals surface area contributed by atoms with Crippen LogP contribution in [0.1, 0.15) is 12.8 Å². The maximum absolute atomic E-state index is 13.2. The van der Waals surface area contributed by atoms with Crippen LogP contribution in [0.15, 0.2) is 64.5 Å². The summed E-state index contributed by atoms with van der Waals surface area (Å²) >= 11 is 6.22. The van der Waals surface area contributed by atoms with E-state index in [1.54, 1.807) is 6.20 Å². The van der Waals surface area contributed by atoms with E-state index < -0.39 is 10.8 Å². The Morgan fingerprint density at radius 1 is 1.04 bits per heavy atom. The number of nitrogens with zero attached hydrogens (tertiary/aromatic N) is 2. The van der Waals surface area contributed by atoms with Crippen LogP contribution in [-0.4, -0.2) is 22.3 Å². The molecule has 1 aliphatic heterocycles. The Labute approximate surface area is 148 Å². The van der Waals surface area contributed by atoms with E-state index in [9.17, 15) is 4.21 Å². The van der Waals surface area contributed by atoms with Gasteiger partial charge in [0, 0.05) is 34.6 Å². The van der Waals surface area contributed by atoms with Crippen LogP contribution in [0, 0.1) is 0 Å². The third-order valence-corrected chi connectivity index (χ3v) is 5.98. The fourth-order valence-corrected chi connectivity index (χ4v) is 4.60. The van der Waals surface area contributed by atoms with Gasteiger partial charge in [0.2, 0.25) is 0 Å². The molecule has 0 spiro atoms. The van der Waals surface area contributed by atoms with Gasteiger partial charge in [-0.3, -0.25) is 4.98 Å². The van der Waals surface area contributed by atoms with Gasteiger partial charge in [-0.15, -0.1) is 0 Å². The molecule has 0 radical (unpaired) electrons. The lowest BCUT2D eigenvalue weighted by Crippen LogP contribution is -2.20. The molecule has 24 heavy (non-hydrogen) atoms. The van der Waals surface area contributed by atoms with E-state index in [1.807, 2.05) is 48.5 Å². The molecule has 122 valence electrons. The molecule has 3 nitrogen and oxygen atoms in total. The van der Waals surface area contributed by atoms with Crippen LogP contribution in [0.5, 0.6) is 0 Å². The fraction of sp³-hybridized carbons (Fsp3) is 0.211. The van der Waals surface area contributed by atoms with Crippen LogP contribution in [0.4, 0.5) is 5.69 Å². The molecule has 0 amide bonds. The molecule has 2 heterocycles. The second kappa shape index (κ2) is 6.54. The predicted molar refractivity (Wildman–Crippen MR) is 99.3 cm³/mol. The Morgan fingerprint density at radius 2 is 1.79 bits per heavy atom. The van der Waals surface area contributed by atoms with Gasteiger partial charge in [-0.05, 0) is 43.2 Å². The Bertz CT molecular complexity index is 908. The van der Waals surface area contributed by atoms with Crippen molar-refractivity contribution in [3.63, 3.8) is 0 Å². The third kappa shape index (κ3) is 2.80. The van der Waals surface area contributed by atoms with Crippen molar-refractivity contribution in [1.29, 1.82) is 0 Å². The minimum absolute atomic E-state index is 0.674. The first-order chi connectivity index (χ1) is 11.7. The highest BCUT2D eigenvalue weighted by molar-refractivity contribution is 7.85. The largest absolute Gasteiger partial charge is 0.370 e. The molecule has 0 aliphatic carbocycles. The molecule has 0 N–H and O–H groups in total. The number of benzene rings is 2. The number of aromatic nitrogens is 1. The van der Waals surface area contributed by atoms with Crippen molar-refractivity contribution in [2.45, 2.75) is 22.6 Å². The highest BCUT2D eigenvalue weighted by Crippen LogP contribution is 2.36. The number of pyridine rings is 1. The number of rotatable bonds is 3. The van der Waals surface area contributed by atoms with Crippen LogP contribution in [0.2, 0.25) is 5.02 Å². The Morgan fingerprint density at radius 3 is 2.54 bits per heavy atom. The van der Waals surface area contributed by atoms with E-state index in [2.05, 4.69) is 9.88 Å². The standard InChI is InChI=1S/C19H17ClN2OS/c20-14-8-9-17-16(12-14)19(22-10-4-5-11-22)18(13-21-17)24(23)15-6-2-1-3-7-15/h1-3,6-9,12-13H,4-5,10-11H2. The second-order valence-electron chi connectivity index (χ2n) is 5.91. The molecule has 1 aliphatic rings. The molecule has 1 aromatic heterocycles. The summed E-state index contributed by atoms with van der Waals surface area (Å²) in [6.45, 7) is 1.95. The number of fused-ring (bicyclic) bond motifs is 1. The van der Waals surface area contributed by atoms with Crippen LogP contribution in [0.25, 0.3) is 10.9 Å². The summed E-state index contributed by atoms with van der Waals surface area (Å²) in [5.74, 6) is 0. The summed E-state index contributed by atoms with van der Waals surface area (Å²) in [7, 11) is -1.26. The maximum Gasteiger partial charge on any atom is 0.0886 e. The van der Waals surface area contributed by atoms with E-state index in [-0.39, 0.29) is 0 Å². The lowest BCUT2D eigenvalue weighted by molar-refractivity contribution is 0.682. The van der Waals surface area contributed by atoms with Gasteiger partial charge in [0.25, 0.3) is 0 Å². The average Bonchev–Trinajstić information content (AvgIpc) is 3.15. The highest BCUT2D eigenvalue weighted by Gasteiger charge is 2.23. The van der Waals surface area contributed by atoms with Crippen LogP contribution in [-0.2, 0) is 10.8 Å². The minimum Gasteiger partial charge on any atom is -0.370 e. The molecule has 1 atom stereocenters. The molecular formula is C19H17ClN2OS.